The van der Waals surface area contributed by atoms with Gasteiger partial charge in [-0.25, -0.2) is 0 Å². The normalized spacial score (nSPS) is 23.3. The van der Waals surface area contributed by atoms with Crippen LogP contribution < -0.4 is 5.32 Å². The number of nitrogens with one attached hydrogen (secondary N) is 1. The lowest BCUT2D eigenvalue weighted by molar-refractivity contribution is -0.139. The summed E-state index contributed by atoms with van der Waals surface area (Å²) in [6.07, 6.45) is 2.05. The van der Waals surface area contributed by atoms with E-state index < -0.39 is 12.1 Å². The summed E-state index contributed by atoms with van der Waals surface area (Å²) >= 11 is 0. The van der Waals surface area contributed by atoms with Gasteiger partial charge >= 0.3 is 0 Å². The Morgan fingerprint density at radius 3 is 2.65 bits per heavy atom. The zero-order valence-electron chi connectivity index (χ0n) is 10.8. The largest absolute Gasteiger partial charge is 0.391 e. The molecule has 0 aliphatic carbocycles. The van der Waals surface area contributed by atoms with E-state index in [0.29, 0.717) is 0 Å². The lowest BCUT2D eigenvalue weighted by Gasteiger charge is -2.29. The van der Waals surface area contributed by atoms with Gasteiger partial charge in [0.1, 0.15) is 6.04 Å². The molecule has 1 heterocycles. The first-order valence-corrected chi connectivity index (χ1v) is 6.23. The zero-order chi connectivity index (χ0) is 13.0. The second-order valence-corrected chi connectivity index (χ2v) is 4.65. The molecule has 0 spiro atoms. The third-order valence-corrected chi connectivity index (χ3v) is 3.24. The van der Waals surface area contributed by atoms with Crippen LogP contribution >= 0.6 is 0 Å². The van der Waals surface area contributed by atoms with E-state index >= 15 is 0 Å². The first-order valence-electron chi connectivity index (χ1n) is 6.23. The van der Waals surface area contributed by atoms with Gasteiger partial charge in [0, 0.05) is 19.5 Å². The van der Waals surface area contributed by atoms with Crippen LogP contribution in [0.3, 0.4) is 0 Å². The van der Waals surface area contributed by atoms with Gasteiger partial charge in [-0.3, -0.25) is 9.59 Å². The van der Waals surface area contributed by atoms with Crippen LogP contribution in [0.1, 0.15) is 40.0 Å². The molecule has 0 aromatic carbocycles. The highest BCUT2D eigenvalue weighted by Gasteiger charge is 2.34. The number of rotatable bonds is 4. The molecule has 17 heavy (non-hydrogen) atoms. The van der Waals surface area contributed by atoms with Crippen LogP contribution in [0.5, 0.6) is 0 Å². The second-order valence-electron chi connectivity index (χ2n) is 4.65. The van der Waals surface area contributed by atoms with E-state index in [0.717, 1.165) is 25.8 Å². The molecule has 3 atom stereocenters. The maximum absolute atomic E-state index is 12.2. The Morgan fingerprint density at radius 2 is 2.18 bits per heavy atom. The van der Waals surface area contributed by atoms with E-state index in [1.807, 2.05) is 6.92 Å². The minimum atomic E-state index is -0.871. The summed E-state index contributed by atoms with van der Waals surface area (Å²) in [4.78, 5) is 25.1. The molecule has 0 bridgehead atoms. The maximum atomic E-state index is 12.2. The molecule has 1 saturated heterocycles. The smallest absolute Gasteiger partial charge is 0.248 e. The summed E-state index contributed by atoms with van der Waals surface area (Å²) in [7, 11) is 0. The fourth-order valence-electron chi connectivity index (χ4n) is 2.34. The third-order valence-electron chi connectivity index (χ3n) is 3.24. The Morgan fingerprint density at radius 1 is 1.53 bits per heavy atom. The van der Waals surface area contributed by atoms with Gasteiger partial charge in [0.05, 0.1) is 6.10 Å². The third kappa shape index (κ3) is 3.43. The van der Waals surface area contributed by atoms with E-state index in [-0.39, 0.29) is 17.9 Å². The Balaban J connectivity index is 2.73. The van der Waals surface area contributed by atoms with Crippen molar-refractivity contribution in [1.82, 2.24) is 10.2 Å². The number of aliphatic hydroxyl groups excluding tert-OH is 1. The first kappa shape index (κ1) is 14.0. The Bertz CT molecular complexity index is 291. The Hall–Kier alpha value is -1.10. The SMILES string of the molecule is CCC1CCCN1C(=O)C(NC(C)=O)C(C)O. The number of carbonyl (C=O) groups excluding carboxylic acids is 2. The van der Waals surface area contributed by atoms with E-state index in [1.54, 1.807) is 4.90 Å². The van der Waals surface area contributed by atoms with Gasteiger partial charge in [0.25, 0.3) is 0 Å². The van der Waals surface area contributed by atoms with Gasteiger partial charge in [-0.05, 0) is 26.2 Å². The molecule has 5 heteroatoms. The monoisotopic (exact) mass is 242 g/mol. The highest BCUT2D eigenvalue weighted by atomic mass is 16.3. The number of likely N-dealkylation sites (tertiary alicyclic amines) is 1. The average molecular weight is 242 g/mol. The van der Waals surface area contributed by atoms with Crippen LogP contribution in [0.4, 0.5) is 0 Å². The predicted octanol–water partition coefficient (Wildman–Crippen LogP) is 0.273. The highest BCUT2D eigenvalue weighted by molar-refractivity contribution is 5.87. The van der Waals surface area contributed by atoms with Crippen molar-refractivity contribution in [2.24, 2.45) is 0 Å². The molecular weight excluding hydrogens is 220 g/mol. The van der Waals surface area contributed by atoms with E-state index in [4.69, 9.17) is 0 Å². The number of aliphatic hydroxyl groups is 1. The van der Waals surface area contributed by atoms with Crippen molar-refractivity contribution in [2.45, 2.75) is 58.2 Å². The summed E-state index contributed by atoms with van der Waals surface area (Å²) in [5.41, 5.74) is 0. The summed E-state index contributed by atoms with van der Waals surface area (Å²) < 4.78 is 0. The predicted molar refractivity (Wildman–Crippen MR) is 64.3 cm³/mol. The summed E-state index contributed by atoms with van der Waals surface area (Å²) in [6.45, 7) is 5.64. The van der Waals surface area contributed by atoms with Crippen LogP contribution in [0.2, 0.25) is 0 Å². The Labute approximate surface area is 102 Å². The van der Waals surface area contributed by atoms with Crippen molar-refractivity contribution in [3.05, 3.63) is 0 Å². The number of hydrogen-bond donors (Lipinski definition) is 2. The molecule has 1 aliphatic heterocycles. The first-order chi connectivity index (χ1) is 7.97. The molecule has 1 fully saturated rings. The molecule has 5 nitrogen and oxygen atoms in total. The Kier molecular flexibility index (Phi) is 4.93. The van der Waals surface area contributed by atoms with E-state index in [9.17, 15) is 14.7 Å². The van der Waals surface area contributed by atoms with Gasteiger partial charge in [-0.1, -0.05) is 6.92 Å². The molecule has 2 amide bonds. The maximum Gasteiger partial charge on any atom is 0.248 e. The topological polar surface area (TPSA) is 69.6 Å². The quantitative estimate of drug-likeness (QED) is 0.743. The van der Waals surface area contributed by atoms with Crippen molar-refractivity contribution >= 4 is 11.8 Å². The number of carbonyl (C=O) groups is 2. The molecule has 1 aliphatic rings. The van der Waals surface area contributed by atoms with Crippen molar-refractivity contribution in [2.75, 3.05) is 6.54 Å². The van der Waals surface area contributed by atoms with Crippen molar-refractivity contribution in [3.8, 4) is 0 Å². The fraction of sp³-hybridized carbons (Fsp3) is 0.833. The van der Waals surface area contributed by atoms with Gasteiger partial charge in [-0.15, -0.1) is 0 Å². The summed E-state index contributed by atoms with van der Waals surface area (Å²) in [6, 6.07) is -0.572. The van der Waals surface area contributed by atoms with Crippen molar-refractivity contribution in [1.29, 1.82) is 0 Å². The molecule has 98 valence electrons. The molecule has 2 N–H and O–H groups in total. The molecule has 0 saturated carbocycles. The van der Waals surface area contributed by atoms with Crippen LogP contribution in [-0.2, 0) is 9.59 Å². The standard InChI is InChI=1S/C12H22N2O3/c1-4-10-6-5-7-14(10)12(17)11(8(2)15)13-9(3)16/h8,10-11,15H,4-7H2,1-3H3,(H,13,16). The van der Waals surface area contributed by atoms with Gasteiger partial charge < -0.3 is 15.3 Å². The lowest BCUT2D eigenvalue weighted by Crippen LogP contribution is -2.54. The molecule has 0 aromatic rings. The van der Waals surface area contributed by atoms with Crippen LogP contribution in [-0.4, -0.2) is 46.6 Å². The van der Waals surface area contributed by atoms with Gasteiger partial charge in [0.15, 0.2) is 0 Å². The summed E-state index contributed by atoms with van der Waals surface area (Å²) in [5.74, 6) is -0.462. The zero-order valence-corrected chi connectivity index (χ0v) is 10.8. The van der Waals surface area contributed by atoms with Gasteiger partial charge in [-0.2, -0.15) is 0 Å². The molecule has 1 rings (SSSR count). The van der Waals surface area contributed by atoms with Gasteiger partial charge in [0.2, 0.25) is 11.8 Å². The second kappa shape index (κ2) is 6.00. The van der Waals surface area contributed by atoms with Crippen LogP contribution in [0, 0.1) is 0 Å². The number of amides is 2. The van der Waals surface area contributed by atoms with Crippen molar-refractivity contribution in [3.63, 3.8) is 0 Å². The molecular formula is C12H22N2O3. The van der Waals surface area contributed by atoms with Crippen molar-refractivity contribution < 1.29 is 14.7 Å². The fourth-order valence-corrected chi connectivity index (χ4v) is 2.34. The minimum absolute atomic E-state index is 0.167. The molecule has 3 unspecified atom stereocenters. The lowest BCUT2D eigenvalue weighted by atomic mass is 10.1. The van der Waals surface area contributed by atoms with E-state index in [1.165, 1.54) is 13.8 Å². The van der Waals surface area contributed by atoms with Crippen LogP contribution in [0.25, 0.3) is 0 Å². The average Bonchev–Trinajstić information content (AvgIpc) is 2.72. The number of nitrogens with zero attached hydrogens (tertiary/aromatic N) is 1. The number of hydrogen-bond acceptors (Lipinski definition) is 3. The highest BCUT2D eigenvalue weighted by Crippen LogP contribution is 2.21. The molecule has 0 radical (unpaired) electrons. The van der Waals surface area contributed by atoms with Crippen LogP contribution in [0.15, 0.2) is 0 Å². The summed E-state index contributed by atoms with van der Waals surface area (Å²) in [5, 5.41) is 12.1. The minimum Gasteiger partial charge on any atom is -0.391 e. The van der Waals surface area contributed by atoms with E-state index in [2.05, 4.69) is 5.32 Å². The molecule has 0 aromatic heterocycles.